The first-order valence-corrected chi connectivity index (χ1v) is 6.94. The van der Waals surface area contributed by atoms with E-state index in [0.29, 0.717) is 10.0 Å². The average molecular weight is 342 g/mol. The van der Waals surface area contributed by atoms with Crippen LogP contribution < -0.4 is 16.2 Å². The first kappa shape index (κ1) is 14.0. The standard InChI is InChI=1S/C12H12BrN3O2S/c13-9-4-2-1-3-8(9)11(18)15-16-12(19)14-10(17)7-5-6-7/h1-4,7H,5-6H2,(H,15,18)(H2,14,16,17,19). The number of hydrazine groups is 1. The fraction of sp³-hybridized carbons (Fsp3) is 0.250. The van der Waals surface area contributed by atoms with E-state index in [-0.39, 0.29) is 22.8 Å². The summed E-state index contributed by atoms with van der Waals surface area (Å²) in [6.45, 7) is 0. The van der Waals surface area contributed by atoms with E-state index in [9.17, 15) is 9.59 Å². The minimum Gasteiger partial charge on any atom is -0.302 e. The predicted molar refractivity (Wildman–Crippen MR) is 78.2 cm³/mol. The van der Waals surface area contributed by atoms with Gasteiger partial charge in [-0.25, -0.2) is 0 Å². The molecule has 19 heavy (non-hydrogen) atoms. The Balaban J connectivity index is 1.81. The van der Waals surface area contributed by atoms with Gasteiger partial charge in [-0.15, -0.1) is 0 Å². The average Bonchev–Trinajstić information content (AvgIpc) is 3.20. The molecule has 7 heteroatoms. The zero-order chi connectivity index (χ0) is 13.8. The van der Waals surface area contributed by atoms with E-state index in [4.69, 9.17) is 12.2 Å². The van der Waals surface area contributed by atoms with Crippen LogP contribution in [0, 0.1) is 5.92 Å². The van der Waals surface area contributed by atoms with Crippen LogP contribution in [0.1, 0.15) is 23.2 Å². The van der Waals surface area contributed by atoms with Gasteiger partial charge in [0.15, 0.2) is 5.11 Å². The number of benzene rings is 1. The third kappa shape index (κ3) is 4.00. The molecule has 0 atom stereocenters. The number of rotatable bonds is 2. The second-order valence-corrected chi connectivity index (χ2v) is 5.41. The van der Waals surface area contributed by atoms with Gasteiger partial charge in [0.25, 0.3) is 5.91 Å². The van der Waals surface area contributed by atoms with Crippen LogP contribution in [0.2, 0.25) is 0 Å². The number of halogens is 1. The van der Waals surface area contributed by atoms with Gasteiger partial charge in [0, 0.05) is 10.4 Å². The summed E-state index contributed by atoms with van der Waals surface area (Å²) in [5.74, 6) is -0.373. The van der Waals surface area contributed by atoms with Gasteiger partial charge >= 0.3 is 0 Å². The predicted octanol–water partition coefficient (Wildman–Crippen LogP) is 1.49. The highest BCUT2D eigenvalue weighted by molar-refractivity contribution is 9.10. The molecule has 100 valence electrons. The molecule has 0 saturated heterocycles. The molecule has 0 spiro atoms. The Bertz CT molecular complexity index is 531. The van der Waals surface area contributed by atoms with E-state index in [1.54, 1.807) is 18.2 Å². The van der Waals surface area contributed by atoms with Crippen molar-refractivity contribution in [3.63, 3.8) is 0 Å². The van der Waals surface area contributed by atoms with Crippen molar-refractivity contribution in [2.45, 2.75) is 12.8 Å². The Kier molecular flexibility index (Phi) is 4.49. The highest BCUT2D eigenvalue weighted by Crippen LogP contribution is 2.28. The largest absolute Gasteiger partial charge is 0.302 e. The number of carbonyl (C=O) groups excluding carboxylic acids is 2. The van der Waals surface area contributed by atoms with Gasteiger partial charge < -0.3 is 5.32 Å². The van der Waals surface area contributed by atoms with E-state index in [2.05, 4.69) is 32.1 Å². The summed E-state index contributed by atoms with van der Waals surface area (Å²) in [6, 6.07) is 7.01. The summed E-state index contributed by atoms with van der Waals surface area (Å²) in [7, 11) is 0. The number of hydrogen-bond donors (Lipinski definition) is 3. The number of amides is 2. The van der Waals surface area contributed by atoms with Crippen LogP contribution >= 0.6 is 28.1 Å². The van der Waals surface area contributed by atoms with E-state index in [1.807, 2.05) is 6.07 Å². The number of carbonyl (C=O) groups is 2. The maximum absolute atomic E-state index is 11.8. The summed E-state index contributed by atoms with van der Waals surface area (Å²) in [4.78, 5) is 23.3. The zero-order valence-corrected chi connectivity index (χ0v) is 12.3. The second-order valence-electron chi connectivity index (χ2n) is 4.15. The molecule has 0 radical (unpaired) electrons. The Hall–Kier alpha value is -1.47. The molecular weight excluding hydrogens is 330 g/mol. The van der Waals surface area contributed by atoms with Crippen molar-refractivity contribution in [1.29, 1.82) is 0 Å². The number of thiocarbonyl (C=S) groups is 1. The first-order valence-electron chi connectivity index (χ1n) is 5.73. The lowest BCUT2D eigenvalue weighted by Crippen LogP contribution is -2.48. The lowest BCUT2D eigenvalue weighted by Gasteiger charge is -2.11. The smallest absolute Gasteiger partial charge is 0.270 e. The second kappa shape index (κ2) is 6.12. The van der Waals surface area contributed by atoms with Crippen LogP contribution in [-0.2, 0) is 4.79 Å². The Labute approximate surface area is 124 Å². The molecule has 0 bridgehead atoms. The lowest BCUT2D eigenvalue weighted by atomic mass is 10.2. The Morgan fingerprint density at radius 2 is 1.89 bits per heavy atom. The zero-order valence-electron chi connectivity index (χ0n) is 9.90. The van der Waals surface area contributed by atoms with Gasteiger partial charge in [-0.3, -0.25) is 20.4 Å². The van der Waals surface area contributed by atoms with Crippen molar-refractivity contribution in [3.8, 4) is 0 Å². The van der Waals surface area contributed by atoms with Crippen molar-refractivity contribution in [1.82, 2.24) is 16.2 Å². The van der Waals surface area contributed by atoms with Crippen LogP contribution in [0.5, 0.6) is 0 Å². The highest BCUT2D eigenvalue weighted by atomic mass is 79.9. The molecule has 1 aliphatic carbocycles. The van der Waals surface area contributed by atoms with Crippen molar-refractivity contribution in [2.24, 2.45) is 5.92 Å². The van der Waals surface area contributed by atoms with Gasteiger partial charge in [-0.05, 0) is 53.1 Å². The Morgan fingerprint density at radius 3 is 2.53 bits per heavy atom. The van der Waals surface area contributed by atoms with Crippen molar-refractivity contribution < 1.29 is 9.59 Å². The topological polar surface area (TPSA) is 70.2 Å². The van der Waals surface area contributed by atoms with Crippen LogP contribution in [0.4, 0.5) is 0 Å². The molecule has 1 saturated carbocycles. The van der Waals surface area contributed by atoms with Crippen molar-refractivity contribution >= 4 is 45.1 Å². The molecule has 2 amide bonds. The molecule has 2 rings (SSSR count). The fourth-order valence-electron chi connectivity index (χ4n) is 1.42. The van der Waals surface area contributed by atoms with Gasteiger partial charge in [-0.2, -0.15) is 0 Å². The van der Waals surface area contributed by atoms with E-state index in [1.165, 1.54) is 0 Å². The summed E-state index contributed by atoms with van der Waals surface area (Å²) in [5, 5.41) is 2.61. The monoisotopic (exact) mass is 341 g/mol. The maximum Gasteiger partial charge on any atom is 0.270 e. The van der Waals surface area contributed by atoms with E-state index in [0.717, 1.165) is 12.8 Å². The van der Waals surface area contributed by atoms with Crippen molar-refractivity contribution in [3.05, 3.63) is 34.3 Å². The van der Waals surface area contributed by atoms with Gasteiger partial charge in [-0.1, -0.05) is 12.1 Å². The summed E-state index contributed by atoms with van der Waals surface area (Å²) >= 11 is 8.19. The quantitative estimate of drug-likeness (QED) is 0.563. The van der Waals surface area contributed by atoms with Crippen LogP contribution in [0.15, 0.2) is 28.7 Å². The molecule has 0 unspecified atom stereocenters. The highest BCUT2D eigenvalue weighted by Gasteiger charge is 2.30. The minimum absolute atomic E-state index is 0.0683. The molecule has 5 nitrogen and oxygen atoms in total. The fourth-order valence-corrected chi connectivity index (χ4v) is 2.03. The first-order chi connectivity index (χ1) is 9.08. The lowest BCUT2D eigenvalue weighted by molar-refractivity contribution is -0.120. The summed E-state index contributed by atoms with van der Waals surface area (Å²) in [5.41, 5.74) is 5.41. The summed E-state index contributed by atoms with van der Waals surface area (Å²) < 4.78 is 0.683. The van der Waals surface area contributed by atoms with Crippen molar-refractivity contribution in [2.75, 3.05) is 0 Å². The molecule has 3 N–H and O–H groups in total. The van der Waals surface area contributed by atoms with E-state index < -0.39 is 0 Å². The van der Waals surface area contributed by atoms with Gasteiger partial charge in [0.05, 0.1) is 5.56 Å². The van der Waals surface area contributed by atoms with Crippen LogP contribution in [-0.4, -0.2) is 16.9 Å². The molecule has 0 heterocycles. The molecular formula is C12H12BrN3O2S. The molecule has 1 aliphatic rings. The van der Waals surface area contributed by atoms with Crippen LogP contribution in [0.3, 0.4) is 0 Å². The minimum atomic E-state index is -0.338. The molecule has 1 fully saturated rings. The molecule has 0 aromatic heterocycles. The van der Waals surface area contributed by atoms with Crippen LogP contribution in [0.25, 0.3) is 0 Å². The number of hydrogen-bond acceptors (Lipinski definition) is 3. The third-order valence-corrected chi connectivity index (χ3v) is 3.49. The van der Waals surface area contributed by atoms with Gasteiger partial charge in [0.1, 0.15) is 0 Å². The summed E-state index contributed by atoms with van der Waals surface area (Å²) in [6.07, 6.45) is 1.80. The molecule has 1 aromatic carbocycles. The van der Waals surface area contributed by atoms with E-state index >= 15 is 0 Å². The molecule has 0 aliphatic heterocycles. The van der Waals surface area contributed by atoms with Gasteiger partial charge in [0.2, 0.25) is 5.91 Å². The normalized spacial score (nSPS) is 13.5. The SMILES string of the molecule is O=C(NNC(=S)NC(=O)C1CC1)c1ccccc1Br. The third-order valence-electron chi connectivity index (χ3n) is 2.59. The molecule has 1 aromatic rings. The maximum atomic E-state index is 11.8. The number of nitrogens with one attached hydrogen (secondary N) is 3. The Morgan fingerprint density at radius 1 is 1.21 bits per heavy atom.